The van der Waals surface area contributed by atoms with Crippen LogP contribution in [0.3, 0.4) is 0 Å². The zero-order chi connectivity index (χ0) is 17.0. The summed E-state index contributed by atoms with van der Waals surface area (Å²) in [6.07, 6.45) is 4.16. The smallest absolute Gasteiger partial charge is 0.326 e. The van der Waals surface area contributed by atoms with Gasteiger partial charge in [0.2, 0.25) is 0 Å². The maximum Gasteiger partial charge on any atom is 0.326 e. The highest BCUT2D eigenvalue weighted by Gasteiger charge is 2.40. The average Bonchev–Trinajstić information content (AvgIpc) is 2.75. The Balaban J connectivity index is 2.24. The summed E-state index contributed by atoms with van der Waals surface area (Å²) < 4.78 is 0.105. The van der Waals surface area contributed by atoms with Crippen molar-refractivity contribution in [3.05, 3.63) is 35.0 Å². The number of carbonyl (C=O) groups is 3. The van der Waals surface area contributed by atoms with Crippen molar-refractivity contribution >= 4 is 52.2 Å². The van der Waals surface area contributed by atoms with Crippen LogP contribution in [0, 0.1) is 0 Å². The molecule has 1 aliphatic rings. The lowest BCUT2D eigenvalue weighted by Gasteiger charge is -2.22. The number of hydrogen-bond acceptors (Lipinski definition) is 6. The number of thiocarbonyl (C=S) groups is 1. The molecule has 7 nitrogen and oxygen atoms in total. The van der Waals surface area contributed by atoms with E-state index in [0.717, 1.165) is 22.2 Å². The van der Waals surface area contributed by atoms with Gasteiger partial charge in [0.15, 0.2) is 0 Å². The van der Waals surface area contributed by atoms with Gasteiger partial charge >= 0.3 is 11.9 Å². The molecular weight excluding hydrogens is 340 g/mol. The van der Waals surface area contributed by atoms with Crippen molar-refractivity contribution in [3.63, 3.8) is 0 Å². The predicted molar refractivity (Wildman–Crippen MR) is 87.5 cm³/mol. The van der Waals surface area contributed by atoms with Gasteiger partial charge in [0.1, 0.15) is 10.4 Å². The lowest BCUT2D eigenvalue weighted by Crippen LogP contribution is -2.44. The average molecular weight is 352 g/mol. The van der Waals surface area contributed by atoms with Gasteiger partial charge in [0.05, 0.1) is 4.91 Å². The van der Waals surface area contributed by atoms with Crippen LogP contribution < -0.4 is 0 Å². The molecule has 0 aliphatic carbocycles. The van der Waals surface area contributed by atoms with Crippen LogP contribution >= 0.6 is 24.0 Å². The molecule has 0 bridgehead atoms. The zero-order valence-electron chi connectivity index (χ0n) is 11.7. The van der Waals surface area contributed by atoms with Crippen molar-refractivity contribution in [2.45, 2.75) is 18.9 Å². The molecule has 1 atom stereocenters. The van der Waals surface area contributed by atoms with Gasteiger partial charge in [-0.25, -0.2) is 4.79 Å². The van der Waals surface area contributed by atoms with E-state index in [9.17, 15) is 19.5 Å². The van der Waals surface area contributed by atoms with Crippen LogP contribution in [0.15, 0.2) is 29.4 Å². The molecule has 1 amide bonds. The lowest BCUT2D eigenvalue weighted by atomic mass is 10.1. The number of rotatable bonds is 6. The monoisotopic (exact) mass is 352 g/mol. The number of nitrogens with zero attached hydrogens (tertiary/aromatic N) is 2. The number of thioether (sulfide) groups is 1. The van der Waals surface area contributed by atoms with Crippen LogP contribution in [0.5, 0.6) is 0 Å². The molecule has 1 aliphatic heterocycles. The second kappa shape index (κ2) is 7.34. The fourth-order valence-electron chi connectivity index (χ4n) is 1.98. The highest BCUT2D eigenvalue weighted by Crippen LogP contribution is 2.34. The third kappa shape index (κ3) is 4.14. The van der Waals surface area contributed by atoms with Gasteiger partial charge < -0.3 is 10.2 Å². The van der Waals surface area contributed by atoms with E-state index in [2.05, 4.69) is 4.98 Å². The topological polar surface area (TPSA) is 108 Å². The van der Waals surface area contributed by atoms with E-state index in [0.29, 0.717) is 4.91 Å². The van der Waals surface area contributed by atoms with Gasteiger partial charge in [-0.05, 0) is 30.2 Å². The van der Waals surface area contributed by atoms with Gasteiger partial charge in [-0.15, -0.1) is 0 Å². The van der Waals surface area contributed by atoms with Crippen molar-refractivity contribution in [1.29, 1.82) is 0 Å². The minimum Gasteiger partial charge on any atom is -0.481 e. The Morgan fingerprint density at radius 2 is 2.00 bits per heavy atom. The zero-order valence-corrected chi connectivity index (χ0v) is 13.3. The Morgan fingerprint density at radius 1 is 1.35 bits per heavy atom. The number of aromatic nitrogens is 1. The molecule has 0 radical (unpaired) electrons. The van der Waals surface area contributed by atoms with Crippen molar-refractivity contribution in [2.24, 2.45) is 0 Å². The van der Waals surface area contributed by atoms with Crippen molar-refractivity contribution in [2.75, 3.05) is 0 Å². The molecule has 2 rings (SSSR count). The lowest BCUT2D eigenvalue weighted by molar-refractivity contribution is -0.146. The summed E-state index contributed by atoms with van der Waals surface area (Å²) in [5, 5.41) is 18.0. The van der Waals surface area contributed by atoms with E-state index in [4.69, 9.17) is 17.3 Å². The molecule has 9 heteroatoms. The van der Waals surface area contributed by atoms with E-state index in [-0.39, 0.29) is 17.2 Å². The number of hydrogen-bond donors (Lipinski definition) is 2. The molecule has 1 fully saturated rings. The molecule has 1 unspecified atom stereocenters. The molecule has 1 aromatic rings. The van der Waals surface area contributed by atoms with E-state index >= 15 is 0 Å². The molecule has 1 aromatic heterocycles. The Hall–Kier alpha value is -2.26. The van der Waals surface area contributed by atoms with E-state index < -0.39 is 23.9 Å². The number of aliphatic carboxylic acids is 2. The van der Waals surface area contributed by atoms with Crippen LogP contribution in [-0.2, 0) is 14.4 Å². The van der Waals surface area contributed by atoms with Crippen LogP contribution in [0.4, 0.5) is 0 Å². The normalized spacial score (nSPS) is 17.6. The molecule has 0 spiro atoms. The Kier molecular flexibility index (Phi) is 5.45. The molecule has 120 valence electrons. The number of pyridine rings is 1. The second-order valence-electron chi connectivity index (χ2n) is 4.62. The minimum atomic E-state index is -1.29. The maximum atomic E-state index is 12.4. The molecule has 23 heavy (non-hydrogen) atoms. The van der Waals surface area contributed by atoms with Gasteiger partial charge in [-0.2, -0.15) is 0 Å². The van der Waals surface area contributed by atoms with Crippen LogP contribution in [0.25, 0.3) is 6.08 Å². The molecule has 1 saturated heterocycles. The summed E-state index contributed by atoms with van der Waals surface area (Å²) in [4.78, 5) is 39.6. The quantitative estimate of drug-likeness (QED) is 0.587. The fourth-order valence-corrected chi connectivity index (χ4v) is 3.34. The predicted octanol–water partition coefficient (Wildman–Crippen LogP) is 1.60. The van der Waals surface area contributed by atoms with E-state index in [1.165, 1.54) is 0 Å². The van der Waals surface area contributed by atoms with E-state index in [1.54, 1.807) is 30.6 Å². The maximum absolute atomic E-state index is 12.4. The van der Waals surface area contributed by atoms with Gasteiger partial charge in [0.25, 0.3) is 5.91 Å². The number of carboxylic acids is 2. The minimum absolute atomic E-state index is 0.105. The number of carboxylic acid groups (broad SMARTS) is 2. The largest absolute Gasteiger partial charge is 0.481 e. The molecular formula is C14H12N2O5S2. The first kappa shape index (κ1) is 17.1. The van der Waals surface area contributed by atoms with Gasteiger partial charge in [-0.1, -0.05) is 24.0 Å². The summed E-state index contributed by atoms with van der Waals surface area (Å²) in [7, 11) is 0. The summed E-state index contributed by atoms with van der Waals surface area (Å²) in [5.74, 6) is -2.95. The van der Waals surface area contributed by atoms with Crippen LogP contribution in [0.1, 0.15) is 18.4 Å². The third-order valence-electron chi connectivity index (χ3n) is 3.06. The standard InChI is InChI=1S/C14H12N2O5S2/c17-11(18)2-1-9(13(20)21)16-12(19)10(23-14(16)22)7-8-3-5-15-6-4-8/h3-7,9H,1-2H2,(H,17,18)(H,20,21). The highest BCUT2D eigenvalue weighted by atomic mass is 32.2. The fraction of sp³-hybridized carbons (Fsp3) is 0.214. The molecule has 2 heterocycles. The second-order valence-corrected chi connectivity index (χ2v) is 6.29. The molecule has 0 aromatic carbocycles. The van der Waals surface area contributed by atoms with E-state index in [1.807, 2.05) is 0 Å². The summed E-state index contributed by atoms with van der Waals surface area (Å²) in [5.41, 5.74) is 0.734. The summed E-state index contributed by atoms with van der Waals surface area (Å²) in [6.45, 7) is 0. The third-order valence-corrected chi connectivity index (χ3v) is 4.39. The summed E-state index contributed by atoms with van der Waals surface area (Å²) in [6, 6.07) is 2.11. The first-order chi connectivity index (χ1) is 10.9. The first-order valence-electron chi connectivity index (χ1n) is 6.52. The number of amides is 1. The van der Waals surface area contributed by atoms with Crippen LogP contribution in [0.2, 0.25) is 0 Å². The van der Waals surface area contributed by atoms with Crippen molar-refractivity contribution in [1.82, 2.24) is 9.88 Å². The SMILES string of the molecule is O=C(O)CCC(C(=O)O)N1C(=O)C(=Cc2ccncc2)SC1=S. The molecule has 0 saturated carbocycles. The first-order valence-corrected chi connectivity index (χ1v) is 7.74. The van der Waals surface area contributed by atoms with Crippen molar-refractivity contribution < 1.29 is 24.6 Å². The highest BCUT2D eigenvalue weighted by molar-refractivity contribution is 8.26. The molecule has 2 N–H and O–H groups in total. The summed E-state index contributed by atoms with van der Waals surface area (Å²) >= 11 is 6.08. The Labute approximate surface area is 141 Å². The van der Waals surface area contributed by atoms with Crippen molar-refractivity contribution in [3.8, 4) is 0 Å². The van der Waals surface area contributed by atoms with Gasteiger partial charge in [0, 0.05) is 18.8 Å². The van der Waals surface area contributed by atoms with Gasteiger partial charge in [-0.3, -0.25) is 19.5 Å². The Bertz CT molecular complexity index is 690. The Morgan fingerprint density at radius 3 is 2.57 bits per heavy atom. The van der Waals surface area contributed by atoms with Crippen LogP contribution in [-0.4, -0.2) is 48.3 Å². The number of carbonyl (C=O) groups excluding carboxylic acids is 1.